The summed E-state index contributed by atoms with van der Waals surface area (Å²) in [7, 11) is 1.51. The monoisotopic (exact) mass is 237 g/mol. The van der Waals surface area contributed by atoms with Crippen molar-refractivity contribution in [1.82, 2.24) is 0 Å². The molecule has 0 aromatic heterocycles. The molecule has 0 amide bonds. The van der Waals surface area contributed by atoms with Gasteiger partial charge in [-0.1, -0.05) is 6.07 Å². The first kappa shape index (κ1) is 11.9. The summed E-state index contributed by atoms with van der Waals surface area (Å²) in [6.45, 7) is 0.710. The van der Waals surface area contributed by atoms with E-state index in [1.54, 1.807) is 18.4 Å². The SMILES string of the molecule is COc1ccc(C(N)C2=COCCC2)c(F)c1. The topological polar surface area (TPSA) is 44.5 Å². The Morgan fingerprint density at radius 1 is 1.47 bits per heavy atom. The smallest absolute Gasteiger partial charge is 0.131 e. The third-order valence-electron chi connectivity index (χ3n) is 2.90. The van der Waals surface area contributed by atoms with Gasteiger partial charge in [0.05, 0.1) is 26.0 Å². The number of nitrogens with two attached hydrogens (primary N) is 1. The molecule has 0 bridgehead atoms. The standard InChI is InChI=1S/C13H16FNO2/c1-16-10-4-5-11(12(14)7-10)13(15)9-3-2-6-17-8-9/h4-5,7-8,13H,2-3,6,15H2,1H3. The van der Waals surface area contributed by atoms with Crippen LogP contribution in [0.5, 0.6) is 5.75 Å². The lowest BCUT2D eigenvalue weighted by atomic mass is 9.96. The van der Waals surface area contributed by atoms with Crippen molar-refractivity contribution in [2.45, 2.75) is 18.9 Å². The summed E-state index contributed by atoms with van der Waals surface area (Å²) in [5.41, 5.74) is 7.44. The Hall–Kier alpha value is -1.55. The predicted molar refractivity (Wildman–Crippen MR) is 63.1 cm³/mol. The zero-order chi connectivity index (χ0) is 12.3. The van der Waals surface area contributed by atoms with E-state index in [0.29, 0.717) is 17.9 Å². The van der Waals surface area contributed by atoms with Gasteiger partial charge in [-0.15, -0.1) is 0 Å². The molecule has 0 saturated carbocycles. The van der Waals surface area contributed by atoms with Gasteiger partial charge in [-0.2, -0.15) is 0 Å². The first-order valence-corrected chi connectivity index (χ1v) is 5.62. The fourth-order valence-electron chi connectivity index (χ4n) is 1.90. The van der Waals surface area contributed by atoms with E-state index in [1.165, 1.54) is 13.2 Å². The van der Waals surface area contributed by atoms with Crippen LogP contribution in [0.2, 0.25) is 0 Å². The van der Waals surface area contributed by atoms with Crippen LogP contribution in [0.1, 0.15) is 24.4 Å². The van der Waals surface area contributed by atoms with Crippen LogP contribution in [-0.4, -0.2) is 13.7 Å². The zero-order valence-corrected chi connectivity index (χ0v) is 9.78. The lowest BCUT2D eigenvalue weighted by Crippen LogP contribution is -2.17. The molecule has 1 aliphatic heterocycles. The molecule has 0 spiro atoms. The quantitative estimate of drug-likeness (QED) is 0.878. The van der Waals surface area contributed by atoms with E-state index in [2.05, 4.69) is 0 Å². The van der Waals surface area contributed by atoms with Gasteiger partial charge in [0.25, 0.3) is 0 Å². The molecule has 0 radical (unpaired) electrons. The maximum absolute atomic E-state index is 13.8. The van der Waals surface area contributed by atoms with Crippen LogP contribution in [0, 0.1) is 5.82 Å². The van der Waals surface area contributed by atoms with Gasteiger partial charge >= 0.3 is 0 Å². The van der Waals surface area contributed by atoms with E-state index < -0.39 is 6.04 Å². The van der Waals surface area contributed by atoms with Crippen LogP contribution in [-0.2, 0) is 4.74 Å². The highest BCUT2D eigenvalue weighted by atomic mass is 19.1. The molecule has 17 heavy (non-hydrogen) atoms. The Morgan fingerprint density at radius 3 is 2.88 bits per heavy atom. The molecular formula is C13H16FNO2. The second kappa shape index (κ2) is 5.19. The third kappa shape index (κ3) is 2.58. The number of rotatable bonds is 3. The second-order valence-electron chi connectivity index (χ2n) is 4.03. The number of hydrogen-bond acceptors (Lipinski definition) is 3. The van der Waals surface area contributed by atoms with Gasteiger partial charge in [0.2, 0.25) is 0 Å². The highest BCUT2D eigenvalue weighted by Gasteiger charge is 2.18. The van der Waals surface area contributed by atoms with Gasteiger partial charge in [0.1, 0.15) is 11.6 Å². The van der Waals surface area contributed by atoms with Crippen molar-refractivity contribution >= 4 is 0 Å². The van der Waals surface area contributed by atoms with Crippen molar-refractivity contribution in [3.63, 3.8) is 0 Å². The summed E-state index contributed by atoms with van der Waals surface area (Å²) in [5.74, 6) is 0.149. The van der Waals surface area contributed by atoms with Crippen molar-refractivity contribution in [2.75, 3.05) is 13.7 Å². The first-order valence-electron chi connectivity index (χ1n) is 5.62. The Morgan fingerprint density at radius 2 is 2.29 bits per heavy atom. The zero-order valence-electron chi connectivity index (χ0n) is 9.78. The van der Waals surface area contributed by atoms with Crippen molar-refractivity contribution < 1.29 is 13.9 Å². The van der Waals surface area contributed by atoms with E-state index in [0.717, 1.165) is 18.4 Å². The molecule has 1 heterocycles. The number of methoxy groups -OCH3 is 1. The molecule has 1 unspecified atom stereocenters. The molecule has 0 fully saturated rings. The number of halogens is 1. The van der Waals surface area contributed by atoms with Crippen LogP contribution < -0.4 is 10.5 Å². The van der Waals surface area contributed by atoms with Crippen LogP contribution in [0.3, 0.4) is 0 Å². The van der Waals surface area contributed by atoms with E-state index in [1.807, 2.05) is 0 Å². The molecule has 0 aliphatic carbocycles. The van der Waals surface area contributed by atoms with Gasteiger partial charge < -0.3 is 15.2 Å². The van der Waals surface area contributed by atoms with Gasteiger partial charge in [-0.25, -0.2) is 4.39 Å². The summed E-state index contributed by atoms with van der Waals surface area (Å²) in [6.07, 6.45) is 3.43. The molecule has 4 heteroatoms. The average Bonchev–Trinajstić information content (AvgIpc) is 2.39. The maximum atomic E-state index is 13.8. The lowest BCUT2D eigenvalue weighted by molar-refractivity contribution is 0.221. The Labute approximate surface area is 100 Å². The van der Waals surface area contributed by atoms with Crippen LogP contribution in [0.4, 0.5) is 4.39 Å². The van der Waals surface area contributed by atoms with E-state index in [-0.39, 0.29) is 5.82 Å². The fraction of sp³-hybridized carbons (Fsp3) is 0.385. The molecule has 2 N–H and O–H groups in total. The van der Waals surface area contributed by atoms with E-state index in [9.17, 15) is 4.39 Å². The first-order chi connectivity index (χ1) is 8.22. The van der Waals surface area contributed by atoms with Crippen molar-refractivity contribution in [3.8, 4) is 5.75 Å². The van der Waals surface area contributed by atoms with Gasteiger partial charge in [-0.3, -0.25) is 0 Å². The highest BCUT2D eigenvalue weighted by Crippen LogP contribution is 2.28. The second-order valence-corrected chi connectivity index (χ2v) is 4.03. The van der Waals surface area contributed by atoms with Crippen molar-refractivity contribution in [1.29, 1.82) is 0 Å². The minimum atomic E-state index is -0.443. The average molecular weight is 237 g/mol. The molecule has 1 aromatic carbocycles. The predicted octanol–water partition coefficient (Wildman–Crippen LogP) is 2.53. The van der Waals surface area contributed by atoms with Gasteiger partial charge in [0.15, 0.2) is 0 Å². The minimum absolute atomic E-state index is 0.344. The van der Waals surface area contributed by atoms with E-state index in [4.69, 9.17) is 15.2 Å². The van der Waals surface area contributed by atoms with Crippen LogP contribution in [0.25, 0.3) is 0 Å². The summed E-state index contributed by atoms with van der Waals surface area (Å²) in [5, 5.41) is 0. The van der Waals surface area contributed by atoms with Crippen molar-refractivity contribution in [2.24, 2.45) is 5.73 Å². The lowest BCUT2D eigenvalue weighted by Gasteiger charge is -2.20. The molecular weight excluding hydrogens is 221 g/mol. The Balaban J connectivity index is 2.24. The Kier molecular flexibility index (Phi) is 3.64. The number of benzene rings is 1. The molecule has 1 atom stereocenters. The van der Waals surface area contributed by atoms with Crippen LogP contribution >= 0.6 is 0 Å². The third-order valence-corrected chi connectivity index (χ3v) is 2.90. The largest absolute Gasteiger partial charge is 0.501 e. The highest BCUT2D eigenvalue weighted by molar-refractivity contribution is 5.34. The summed E-state index contributed by atoms with van der Waals surface area (Å²) >= 11 is 0. The Bertz CT molecular complexity index is 431. The summed E-state index contributed by atoms with van der Waals surface area (Å²) in [6, 6.07) is 4.28. The molecule has 1 aromatic rings. The van der Waals surface area contributed by atoms with E-state index >= 15 is 0 Å². The summed E-state index contributed by atoms with van der Waals surface area (Å²) < 4.78 is 24.0. The number of hydrogen-bond donors (Lipinski definition) is 1. The molecule has 92 valence electrons. The minimum Gasteiger partial charge on any atom is -0.501 e. The van der Waals surface area contributed by atoms with Gasteiger partial charge in [-0.05, 0) is 24.5 Å². The molecule has 2 rings (SSSR count). The van der Waals surface area contributed by atoms with Crippen molar-refractivity contribution in [3.05, 3.63) is 41.4 Å². The molecule has 0 saturated heterocycles. The van der Waals surface area contributed by atoms with Crippen LogP contribution in [0.15, 0.2) is 30.0 Å². The normalized spacial score (nSPS) is 17.0. The number of ether oxygens (including phenoxy) is 2. The molecule has 3 nitrogen and oxygen atoms in total. The fourth-order valence-corrected chi connectivity index (χ4v) is 1.90. The summed E-state index contributed by atoms with van der Waals surface area (Å²) in [4.78, 5) is 0. The molecule has 1 aliphatic rings. The maximum Gasteiger partial charge on any atom is 0.131 e. The van der Waals surface area contributed by atoms with Gasteiger partial charge in [0, 0.05) is 11.6 Å².